The average molecular weight is 1130 g/mol. The molecule has 0 N–H and O–H groups in total. The van der Waals surface area contributed by atoms with Crippen LogP contribution < -0.4 is 0 Å². The summed E-state index contributed by atoms with van der Waals surface area (Å²) < 4.78 is 16.8. The van der Waals surface area contributed by atoms with E-state index in [0.717, 1.165) is 167 Å². The van der Waals surface area contributed by atoms with E-state index in [4.69, 9.17) is 14.2 Å². The van der Waals surface area contributed by atoms with E-state index in [1.807, 2.05) is 0 Å². The van der Waals surface area contributed by atoms with Crippen LogP contribution in [0.15, 0.2) is 182 Å². The highest BCUT2D eigenvalue weighted by molar-refractivity contribution is 5.71. The molecule has 1 unspecified atom stereocenters. The number of hydrogen-bond donors (Lipinski definition) is 0. The highest BCUT2D eigenvalue weighted by atomic mass is 16.6. The van der Waals surface area contributed by atoms with Gasteiger partial charge >= 0.3 is 17.9 Å². The molecule has 0 aliphatic heterocycles. The first kappa shape index (κ1) is 76.5. The number of rotatable bonds is 57. The third kappa shape index (κ3) is 65.3. The number of ether oxygens (including phenoxy) is 3. The molecule has 0 bridgehead atoms. The molecule has 1 atom stereocenters. The Morgan fingerprint density at radius 1 is 0.256 bits per heavy atom. The van der Waals surface area contributed by atoms with Crippen LogP contribution in [-0.4, -0.2) is 37.2 Å². The smallest absolute Gasteiger partial charge is 0.306 e. The lowest BCUT2D eigenvalue weighted by Crippen LogP contribution is -2.30. The third-order valence-electron chi connectivity index (χ3n) is 13.1. The first-order valence-electron chi connectivity index (χ1n) is 32.8. The maximum absolute atomic E-state index is 12.9. The van der Waals surface area contributed by atoms with Crippen LogP contribution in [-0.2, 0) is 28.6 Å². The molecule has 0 aromatic heterocycles. The summed E-state index contributed by atoms with van der Waals surface area (Å²) in [6, 6.07) is 0. The van der Waals surface area contributed by atoms with Gasteiger partial charge in [0.1, 0.15) is 13.2 Å². The molecule has 0 heterocycles. The van der Waals surface area contributed by atoms with Crippen molar-refractivity contribution in [2.75, 3.05) is 13.2 Å². The van der Waals surface area contributed by atoms with E-state index in [-0.39, 0.29) is 37.5 Å². The molecule has 0 aromatic rings. The van der Waals surface area contributed by atoms with Crippen molar-refractivity contribution in [2.45, 2.75) is 264 Å². The second-order valence-corrected chi connectivity index (χ2v) is 20.9. The van der Waals surface area contributed by atoms with Crippen molar-refractivity contribution in [2.24, 2.45) is 0 Å². The Balaban J connectivity index is 4.46. The van der Waals surface area contributed by atoms with Gasteiger partial charge in [0.2, 0.25) is 0 Å². The van der Waals surface area contributed by atoms with Crippen LogP contribution in [0.3, 0.4) is 0 Å². The average Bonchev–Trinajstić information content (AvgIpc) is 3.48. The zero-order chi connectivity index (χ0) is 59.2. The summed E-state index contributed by atoms with van der Waals surface area (Å²) in [6.07, 6.45) is 102. The summed E-state index contributed by atoms with van der Waals surface area (Å²) in [6.45, 7) is 6.31. The highest BCUT2D eigenvalue weighted by Crippen LogP contribution is 2.13. The molecular formula is C76H118O6. The maximum Gasteiger partial charge on any atom is 0.306 e. The molecule has 0 rings (SSSR count). The van der Waals surface area contributed by atoms with Crippen LogP contribution in [0.4, 0.5) is 0 Å². The lowest BCUT2D eigenvalue weighted by atomic mass is 10.1. The maximum atomic E-state index is 12.9. The van der Waals surface area contributed by atoms with Crippen molar-refractivity contribution in [3.63, 3.8) is 0 Å². The van der Waals surface area contributed by atoms with Crippen molar-refractivity contribution in [1.29, 1.82) is 0 Å². The van der Waals surface area contributed by atoms with Gasteiger partial charge < -0.3 is 14.2 Å². The van der Waals surface area contributed by atoms with E-state index in [9.17, 15) is 14.4 Å². The fraction of sp³-hybridized carbons (Fsp3) is 0.566. The van der Waals surface area contributed by atoms with Crippen molar-refractivity contribution < 1.29 is 28.6 Å². The molecule has 0 aromatic carbocycles. The second-order valence-electron chi connectivity index (χ2n) is 20.9. The first-order valence-corrected chi connectivity index (χ1v) is 32.8. The van der Waals surface area contributed by atoms with Gasteiger partial charge in [-0.15, -0.1) is 0 Å². The van der Waals surface area contributed by atoms with Crippen LogP contribution in [0, 0.1) is 0 Å². The zero-order valence-corrected chi connectivity index (χ0v) is 52.4. The Labute approximate surface area is 504 Å². The molecule has 0 aliphatic carbocycles. The lowest BCUT2D eigenvalue weighted by molar-refractivity contribution is -0.167. The van der Waals surface area contributed by atoms with Crippen molar-refractivity contribution in [3.05, 3.63) is 182 Å². The van der Waals surface area contributed by atoms with E-state index in [0.29, 0.717) is 19.3 Å². The van der Waals surface area contributed by atoms with Crippen LogP contribution in [0.25, 0.3) is 0 Å². The van der Waals surface area contributed by atoms with Gasteiger partial charge in [0.15, 0.2) is 6.10 Å². The standard InChI is InChI=1S/C76H118O6/c1-4-7-10-13-16-19-22-25-28-31-32-33-34-35-36-37-38-39-40-41-42-43-44-46-48-51-54-57-60-63-66-69-75(78)81-72-73(71-80-74(77)68-65-62-59-56-53-50-47-30-27-24-21-18-15-12-9-6-3)82-76(79)70-67-64-61-58-55-52-49-45-29-26-23-20-17-14-11-8-5-2/h7-8,10-11,16-17,19-21,24-26,28-30,32-33,35-36,38-39,41-42,44,46-47,49,52,58,61,73H,4-6,9,12-15,18,22-23,27,31,34,37,40,43,45,48,50-51,53-57,59-60,62-72H2,1-3H3/b10-7-,11-8-,19-16-,20-17-,24-21-,28-25-,29-26-,33-32-,36-35-,39-38-,42-41-,46-44-,47-30-,52-49-,61-58-. The fourth-order valence-electron chi connectivity index (χ4n) is 8.29. The summed E-state index contributed by atoms with van der Waals surface area (Å²) >= 11 is 0. The first-order chi connectivity index (χ1) is 40.5. The van der Waals surface area contributed by atoms with Gasteiger partial charge in [-0.2, -0.15) is 0 Å². The SMILES string of the molecule is CC/C=C\C/C=C\C/C=C\C/C=C\C/C=C\C/C=C\C/C=C\C/C=C\CCCCCCCCC(=O)OCC(COC(=O)CCCCCCC/C=C\C/C=C\CCCCCC)OC(=O)CCC/C=C\C/C=C\C/C=C\C/C=C\C/C=C\CC. The molecule has 0 spiro atoms. The monoisotopic (exact) mass is 1130 g/mol. The number of carbonyl (C=O) groups is 3. The minimum Gasteiger partial charge on any atom is -0.462 e. The highest BCUT2D eigenvalue weighted by Gasteiger charge is 2.19. The largest absolute Gasteiger partial charge is 0.462 e. The summed E-state index contributed by atoms with van der Waals surface area (Å²) in [7, 11) is 0. The predicted octanol–water partition coefficient (Wildman–Crippen LogP) is 22.8. The molecular weight excluding hydrogens is 1010 g/mol. The van der Waals surface area contributed by atoms with Crippen LogP contribution in [0.2, 0.25) is 0 Å². The molecule has 458 valence electrons. The third-order valence-corrected chi connectivity index (χ3v) is 13.1. The molecule has 0 fully saturated rings. The fourth-order valence-corrected chi connectivity index (χ4v) is 8.29. The zero-order valence-electron chi connectivity index (χ0n) is 52.4. The molecule has 0 radical (unpaired) electrons. The number of esters is 3. The summed E-state index contributed by atoms with van der Waals surface area (Å²) in [5.41, 5.74) is 0. The Hall–Kier alpha value is -5.49. The summed E-state index contributed by atoms with van der Waals surface area (Å²) in [5, 5.41) is 0. The number of unbranched alkanes of at least 4 members (excludes halogenated alkanes) is 16. The molecule has 0 aliphatic rings. The van der Waals surface area contributed by atoms with Crippen molar-refractivity contribution in [1.82, 2.24) is 0 Å². The number of allylic oxidation sites excluding steroid dienone is 30. The molecule has 6 heteroatoms. The lowest BCUT2D eigenvalue weighted by Gasteiger charge is -2.18. The Morgan fingerprint density at radius 3 is 0.780 bits per heavy atom. The van der Waals surface area contributed by atoms with E-state index < -0.39 is 6.10 Å². The summed E-state index contributed by atoms with van der Waals surface area (Å²) in [5.74, 6) is -1.01. The number of carbonyl (C=O) groups excluding carboxylic acids is 3. The molecule has 0 saturated heterocycles. The van der Waals surface area contributed by atoms with Gasteiger partial charge in [-0.3, -0.25) is 14.4 Å². The number of hydrogen-bond acceptors (Lipinski definition) is 6. The second kappa shape index (κ2) is 68.0. The van der Waals surface area contributed by atoms with Crippen molar-refractivity contribution >= 4 is 17.9 Å². The van der Waals surface area contributed by atoms with Gasteiger partial charge in [0.25, 0.3) is 0 Å². The Morgan fingerprint density at radius 2 is 0.488 bits per heavy atom. The van der Waals surface area contributed by atoms with Crippen molar-refractivity contribution in [3.8, 4) is 0 Å². The Kier molecular flexibility index (Phi) is 63.5. The predicted molar refractivity (Wildman–Crippen MR) is 357 cm³/mol. The van der Waals surface area contributed by atoms with Crippen LogP contribution >= 0.6 is 0 Å². The van der Waals surface area contributed by atoms with Gasteiger partial charge in [-0.05, 0) is 154 Å². The minimum absolute atomic E-state index is 0.121. The van der Waals surface area contributed by atoms with Crippen LogP contribution in [0.1, 0.15) is 258 Å². The molecule has 6 nitrogen and oxygen atoms in total. The van der Waals surface area contributed by atoms with Gasteiger partial charge in [-0.1, -0.05) is 267 Å². The molecule has 0 saturated carbocycles. The summed E-state index contributed by atoms with van der Waals surface area (Å²) in [4.78, 5) is 38.3. The van der Waals surface area contributed by atoms with Gasteiger partial charge in [0, 0.05) is 19.3 Å². The van der Waals surface area contributed by atoms with Gasteiger partial charge in [-0.25, -0.2) is 0 Å². The quantitative estimate of drug-likeness (QED) is 0.0261. The molecule has 0 amide bonds. The van der Waals surface area contributed by atoms with E-state index >= 15 is 0 Å². The van der Waals surface area contributed by atoms with Gasteiger partial charge in [0.05, 0.1) is 0 Å². The topological polar surface area (TPSA) is 78.9 Å². The van der Waals surface area contributed by atoms with E-state index in [1.54, 1.807) is 0 Å². The van der Waals surface area contributed by atoms with E-state index in [2.05, 4.69) is 203 Å². The molecule has 82 heavy (non-hydrogen) atoms. The van der Waals surface area contributed by atoms with E-state index in [1.165, 1.54) is 44.9 Å². The normalized spacial score (nSPS) is 13.4. The minimum atomic E-state index is -0.832. The van der Waals surface area contributed by atoms with Crippen LogP contribution in [0.5, 0.6) is 0 Å². The Bertz CT molecular complexity index is 1920.